The SMILES string of the molecule is Cc1nn(CC(C)N)c(C)c1Br. The molecule has 1 aromatic heterocycles. The van der Waals surface area contributed by atoms with Crippen molar-refractivity contribution in [1.82, 2.24) is 9.78 Å². The van der Waals surface area contributed by atoms with Crippen molar-refractivity contribution in [1.29, 1.82) is 0 Å². The first-order valence-electron chi connectivity index (χ1n) is 3.97. The monoisotopic (exact) mass is 231 g/mol. The molecule has 2 N–H and O–H groups in total. The van der Waals surface area contributed by atoms with E-state index < -0.39 is 0 Å². The largest absolute Gasteiger partial charge is 0.326 e. The molecule has 68 valence electrons. The van der Waals surface area contributed by atoms with E-state index in [0.717, 1.165) is 22.4 Å². The Morgan fingerprint density at radius 1 is 1.58 bits per heavy atom. The van der Waals surface area contributed by atoms with Gasteiger partial charge >= 0.3 is 0 Å². The van der Waals surface area contributed by atoms with Crippen LogP contribution in [0.2, 0.25) is 0 Å². The number of aryl methyl sites for hydroxylation is 1. The van der Waals surface area contributed by atoms with Crippen molar-refractivity contribution < 1.29 is 0 Å². The van der Waals surface area contributed by atoms with Crippen LogP contribution in [0.1, 0.15) is 18.3 Å². The van der Waals surface area contributed by atoms with E-state index in [9.17, 15) is 0 Å². The molecule has 0 saturated carbocycles. The third-order valence-electron chi connectivity index (χ3n) is 1.75. The molecule has 1 unspecified atom stereocenters. The third kappa shape index (κ3) is 1.87. The van der Waals surface area contributed by atoms with Crippen LogP contribution in [0.4, 0.5) is 0 Å². The van der Waals surface area contributed by atoms with Crippen LogP contribution in [0.25, 0.3) is 0 Å². The average molecular weight is 232 g/mol. The summed E-state index contributed by atoms with van der Waals surface area (Å²) in [5, 5.41) is 4.34. The van der Waals surface area contributed by atoms with Crippen molar-refractivity contribution in [3.63, 3.8) is 0 Å². The summed E-state index contributed by atoms with van der Waals surface area (Å²) in [6.45, 7) is 6.77. The molecular formula is C8H14BrN3. The van der Waals surface area contributed by atoms with Gasteiger partial charge < -0.3 is 5.73 Å². The Labute approximate surface area is 81.1 Å². The van der Waals surface area contributed by atoms with Crippen molar-refractivity contribution in [2.45, 2.75) is 33.4 Å². The summed E-state index contributed by atoms with van der Waals surface area (Å²) in [4.78, 5) is 0. The summed E-state index contributed by atoms with van der Waals surface area (Å²) in [6, 6.07) is 0.148. The highest BCUT2D eigenvalue weighted by molar-refractivity contribution is 9.10. The van der Waals surface area contributed by atoms with Gasteiger partial charge in [0.25, 0.3) is 0 Å². The van der Waals surface area contributed by atoms with Crippen molar-refractivity contribution in [2.75, 3.05) is 0 Å². The third-order valence-corrected chi connectivity index (χ3v) is 2.90. The molecule has 0 aromatic carbocycles. The summed E-state index contributed by atoms with van der Waals surface area (Å²) in [7, 11) is 0. The van der Waals surface area contributed by atoms with Crippen molar-refractivity contribution in [3.8, 4) is 0 Å². The van der Waals surface area contributed by atoms with Crippen LogP contribution in [0, 0.1) is 13.8 Å². The highest BCUT2D eigenvalue weighted by atomic mass is 79.9. The first-order valence-corrected chi connectivity index (χ1v) is 4.76. The van der Waals surface area contributed by atoms with Gasteiger partial charge in [0.05, 0.1) is 16.7 Å². The maximum atomic E-state index is 5.68. The zero-order valence-corrected chi connectivity index (χ0v) is 9.22. The first kappa shape index (κ1) is 9.74. The molecule has 12 heavy (non-hydrogen) atoms. The zero-order valence-electron chi connectivity index (χ0n) is 7.63. The molecule has 0 aliphatic heterocycles. The molecule has 3 nitrogen and oxygen atoms in total. The van der Waals surface area contributed by atoms with Crippen LogP contribution in [0.3, 0.4) is 0 Å². The summed E-state index contributed by atoms with van der Waals surface area (Å²) in [6.07, 6.45) is 0. The molecule has 1 heterocycles. The Morgan fingerprint density at radius 2 is 2.17 bits per heavy atom. The van der Waals surface area contributed by atoms with Gasteiger partial charge in [-0.3, -0.25) is 4.68 Å². The summed E-state index contributed by atoms with van der Waals surface area (Å²) in [5.74, 6) is 0. The Hall–Kier alpha value is -0.350. The molecule has 4 heteroatoms. The van der Waals surface area contributed by atoms with Crippen LogP contribution in [-0.2, 0) is 6.54 Å². The number of rotatable bonds is 2. The van der Waals surface area contributed by atoms with Gasteiger partial charge in [0.15, 0.2) is 0 Å². The molecule has 0 radical (unpaired) electrons. The maximum Gasteiger partial charge on any atom is 0.0738 e. The number of aromatic nitrogens is 2. The minimum absolute atomic E-state index is 0.148. The number of hydrogen-bond donors (Lipinski definition) is 1. The van der Waals surface area contributed by atoms with Crippen LogP contribution < -0.4 is 5.73 Å². The smallest absolute Gasteiger partial charge is 0.0738 e. The predicted molar refractivity (Wildman–Crippen MR) is 53.1 cm³/mol. The Morgan fingerprint density at radius 3 is 2.50 bits per heavy atom. The van der Waals surface area contributed by atoms with Gasteiger partial charge in [-0.15, -0.1) is 0 Å². The first-order chi connectivity index (χ1) is 5.52. The number of nitrogens with two attached hydrogens (primary N) is 1. The van der Waals surface area contributed by atoms with E-state index in [0.29, 0.717) is 0 Å². The summed E-state index contributed by atoms with van der Waals surface area (Å²) in [5.41, 5.74) is 7.84. The highest BCUT2D eigenvalue weighted by Crippen LogP contribution is 2.19. The van der Waals surface area contributed by atoms with Crippen LogP contribution >= 0.6 is 15.9 Å². The Bertz CT molecular complexity index is 278. The molecule has 1 aromatic rings. The Balaban J connectivity index is 2.93. The zero-order chi connectivity index (χ0) is 9.30. The highest BCUT2D eigenvalue weighted by Gasteiger charge is 2.08. The second-order valence-corrected chi connectivity index (χ2v) is 3.94. The van der Waals surface area contributed by atoms with E-state index in [1.165, 1.54) is 0 Å². The average Bonchev–Trinajstić information content (AvgIpc) is 2.17. The van der Waals surface area contributed by atoms with E-state index in [4.69, 9.17) is 5.73 Å². The van der Waals surface area contributed by atoms with Gasteiger partial charge in [0.2, 0.25) is 0 Å². The van der Waals surface area contributed by atoms with Gasteiger partial charge in [-0.1, -0.05) is 0 Å². The predicted octanol–water partition coefficient (Wildman–Crippen LogP) is 1.61. The molecule has 0 spiro atoms. The fourth-order valence-electron chi connectivity index (χ4n) is 1.13. The van der Waals surface area contributed by atoms with E-state index in [2.05, 4.69) is 21.0 Å². The fraction of sp³-hybridized carbons (Fsp3) is 0.625. The molecular weight excluding hydrogens is 218 g/mol. The van der Waals surface area contributed by atoms with E-state index >= 15 is 0 Å². The summed E-state index contributed by atoms with van der Waals surface area (Å²) >= 11 is 3.47. The molecule has 0 aliphatic carbocycles. The van der Waals surface area contributed by atoms with Crippen LogP contribution in [0.15, 0.2) is 4.47 Å². The van der Waals surface area contributed by atoms with E-state index in [1.807, 2.05) is 25.5 Å². The second-order valence-electron chi connectivity index (χ2n) is 3.14. The lowest BCUT2D eigenvalue weighted by molar-refractivity contribution is 0.525. The van der Waals surface area contributed by atoms with Gasteiger partial charge in [-0.25, -0.2) is 0 Å². The molecule has 1 atom stereocenters. The van der Waals surface area contributed by atoms with E-state index in [1.54, 1.807) is 0 Å². The van der Waals surface area contributed by atoms with Gasteiger partial charge in [0.1, 0.15) is 0 Å². The molecule has 0 aliphatic rings. The van der Waals surface area contributed by atoms with Crippen molar-refractivity contribution in [3.05, 3.63) is 15.9 Å². The molecule has 0 amide bonds. The number of nitrogens with zero attached hydrogens (tertiary/aromatic N) is 2. The van der Waals surface area contributed by atoms with Crippen LogP contribution in [-0.4, -0.2) is 15.8 Å². The molecule has 1 rings (SSSR count). The van der Waals surface area contributed by atoms with Gasteiger partial charge in [0, 0.05) is 11.7 Å². The van der Waals surface area contributed by atoms with Crippen molar-refractivity contribution in [2.24, 2.45) is 5.73 Å². The fourth-order valence-corrected chi connectivity index (χ4v) is 1.41. The minimum atomic E-state index is 0.148. The lowest BCUT2D eigenvalue weighted by atomic mass is 10.3. The standard InChI is InChI=1S/C8H14BrN3/c1-5(10)4-12-7(3)8(9)6(2)11-12/h5H,4,10H2,1-3H3. The minimum Gasteiger partial charge on any atom is -0.326 e. The lowest BCUT2D eigenvalue weighted by Crippen LogP contribution is -2.23. The molecule has 0 fully saturated rings. The second kappa shape index (κ2) is 3.58. The topological polar surface area (TPSA) is 43.8 Å². The number of halogens is 1. The van der Waals surface area contributed by atoms with Gasteiger partial charge in [-0.2, -0.15) is 5.10 Å². The quantitative estimate of drug-likeness (QED) is 0.841. The Kier molecular flexibility index (Phi) is 2.90. The number of hydrogen-bond acceptors (Lipinski definition) is 2. The van der Waals surface area contributed by atoms with Gasteiger partial charge in [-0.05, 0) is 36.7 Å². The van der Waals surface area contributed by atoms with E-state index in [-0.39, 0.29) is 6.04 Å². The maximum absolute atomic E-state index is 5.68. The normalized spacial score (nSPS) is 13.4. The molecule has 0 bridgehead atoms. The molecule has 0 saturated heterocycles. The summed E-state index contributed by atoms with van der Waals surface area (Å²) < 4.78 is 3.02. The van der Waals surface area contributed by atoms with Crippen molar-refractivity contribution >= 4 is 15.9 Å². The lowest BCUT2D eigenvalue weighted by Gasteiger charge is -2.06. The van der Waals surface area contributed by atoms with Crippen LogP contribution in [0.5, 0.6) is 0 Å².